The van der Waals surface area contributed by atoms with Crippen LogP contribution >= 0.6 is 31.1 Å². The van der Waals surface area contributed by atoms with E-state index in [-0.39, 0.29) is 48.1 Å². The summed E-state index contributed by atoms with van der Waals surface area (Å²) >= 11 is 0. The van der Waals surface area contributed by atoms with E-state index >= 15 is 0 Å². The monoisotopic (exact) mass is 904 g/mol. The lowest BCUT2D eigenvalue weighted by Gasteiger charge is -2.18. The van der Waals surface area contributed by atoms with Gasteiger partial charge in [-0.05, 0) is 28.6 Å². The number of ether oxygens (including phenoxy) is 5. The maximum atomic E-state index is 11.1. The van der Waals surface area contributed by atoms with E-state index in [1.165, 1.54) is 13.6 Å². The maximum Gasteiger partial charge on any atom is 0.510 e. The van der Waals surface area contributed by atoms with Crippen molar-refractivity contribution in [3.05, 3.63) is 0 Å². The quantitative estimate of drug-likeness (QED) is 0.0462. The standard InChI is InChI=1S/C9H19O7P.C7H15O7P.C7H15O6P.C6H15O3P/c1-7(16-17(11,12)13)5-14-8(10)15-6-9(2,3)4;1-7(2,3)4-12-6(8)13-5-14-15(9,10)11;1-7(2,3)5-12-6(8)4-13-14(9,10)11;1-6(2,3)5-9-10(4,7)8/h7H,5-6H2,1-4H3,(H2,11,12,13);4-5H2,1-3H3,(H2,9,10,11);4-5H2,1-3H3,(H2,9,10,11);5H2,1-4H3,(H,7,8). The van der Waals surface area contributed by atoms with Crippen molar-refractivity contribution in [2.75, 3.05) is 53.1 Å². The van der Waals surface area contributed by atoms with E-state index in [0.29, 0.717) is 6.61 Å². The lowest BCUT2D eigenvalue weighted by molar-refractivity contribution is -0.149. The summed E-state index contributed by atoms with van der Waals surface area (Å²) in [6, 6.07) is 0. The van der Waals surface area contributed by atoms with E-state index in [0.717, 1.165) is 0 Å². The molecule has 0 rings (SSSR count). The van der Waals surface area contributed by atoms with Crippen molar-refractivity contribution in [1.82, 2.24) is 0 Å². The van der Waals surface area contributed by atoms with E-state index in [4.69, 9.17) is 48.3 Å². The zero-order valence-electron chi connectivity index (χ0n) is 34.5. The van der Waals surface area contributed by atoms with Crippen LogP contribution in [0.5, 0.6) is 0 Å². The fraction of sp³-hybridized carbons (Fsp3) is 0.897. The fourth-order valence-electron chi connectivity index (χ4n) is 2.02. The van der Waals surface area contributed by atoms with Gasteiger partial charge in [0.2, 0.25) is 6.79 Å². The minimum Gasteiger partial charge on any atom is -0.463 e. The van der Waals surface area contributed by atoms with Crippen LogP contribution in [-0.4, -0.2) is 112 Å². The van der Waals surface area contributed by atoms with E-state index in [9.17, 15) is 32.6 Å². The Labute approximate surface area is 328 Å². The highest BCUT2D eigenvalue weighted by Gasteiger charge is 2.22. The van der Waals surface area contributed by atoms with Gasteiger partial charge >= 0.3 is 49.3 Å². The Morgan fingerprint density at radius 2 is 0.857 bits per heavy atom. The highest BCUT2D eigenvalue weighted by molar-refractivity contribution is 7.51. The van der Waals surface area contributed by atoms with E-state index in [1.54, 1.807) is 0 Å². The molecule has 0 aliphatic carbocycles. The van der Waals surface area contributed by atoms with E-state index in [2.05, 4.69) is 27.8 Å². The normalized spacial score (nSPS) is 14.1. The second-order valence-corrected chi connectivity index (χ2v) is 22.0. The van der Waals surface area contributed by atoms with Crippen LogP contribution in [-0.2, 0) is 64.8 Å². The van der Waals surface area contributed by atoms with Crippen molar-refractivity contribution in [3.63, 3.8) is 0 Å². The van der Waals surface area contributed by atoms with Crippen LogP contribution in [0.25, 0.3) is 0 Å². The van der Waals surface area contributed by atoms with Crippen molar-refractivity contribution < 1.29 is 109 Å². The molecule has 56 heavy (non-hydrogen) atoms. The van der Waals surface area contributed by atoms with Crippen LogP contribution in [0.2, 0.25) is 0 Å². The van der Waals surface area contributed by atoms with Gasteiger partial charge in [-0.3, -0.25) is 13.6 Å². The predicted molar refractivity (Wildman–Crippen MR) is 199 cm³/mol. The second kappa shape index (κ2) is 26.6. The lowest BCUT2D eigenvalue weighted by atomic mass is 9.99. The Morgan fingerprint density at radius 1 is 0.500 bits per heavy atom. The summed E-state index contributed by atoms with van der Waals surface area (Å²) in [6.07, 6.45) is -2.82. The van der Waals surface area contributed by atoms with Gasteiger partial charge in [0.1, 0.15) is 12.7 Å². The molecule has 0 bridgehead atoms. The summed E-state index contributed by atoms with van der Waals surface area (Å²) in [6.45, 7) is 24.2. The smallest absolute Gasteiger partial charge is 0.463 e. The molecule has 0 radical (unpaired) electrons. The van der Waals surface area contributed by atoms with Crippen molar-refractivity contribution in [3.8, 4) is 0 Å². The zero-order valence-corrected chi connectivity index (χ0v) is 38.1. The number of hydrogen-bond donors (Lipinski definition) is 7. The molecule has 0 aromatic heterocycles. The molecule has 0 saturated carbocycles. The molecule has 0 heterocycles. The second-order valence-electron chi connectivity index (χ2n) is 16.4. The predicted octanol–water partition coefficient (Wildman–Crippen LogP) is 5.49. The largest absolute Gasteiger partial charge is 0.510 e. The Morgan fingerprint density at radius 3 is 1.16 bits per heavy atom. The summed E-state index contributed by atoms with van der Waals surface area (Å²) < 4.78 is 81.2. The summed E-state index contributed by atoms with van der Waals surface area (Å²) in [5.41, 5.74) is -0.609. The SMILES string of the molecule is CC(C)(C)COC(=O)COP(=O)(O)O.CC(C)(C)COC(=O)OCOP(=O)(O)O.CC(C)(C)COP(C)(=O)O.CC(COC(=O)OCC(C)(C)C)OP(=O)(O)O. The Bertz CT molecular complexity index is 1320. The molecule has 2 unspecified atom stereocenters. The van der Waals surface area contributed by atoms with Gasteiger partial charge in [0, 0.05) is 6.66 Å². The van der Waals surface area contributed by atoms with Crippen LogP contribution in [0.15, 0.2) is 0 Å². The number of phosphoric ester groups is 3. The van der Waals surface area contributed by atoms with Gasteiger partial charge in [-0.1, -0.05) is 83.1 Å². The van der Waals surface area contributed by atoms with Crippen molar-refractivity contribution in [2.24, 2.45) is 21.7 Å². The van der Waals surface area contributed by atoms with Crippen molar-refractivity contribution in [2.45, 2.75) is 96.1 Å². The first kappa shape index (κ1) is 61.2. The topological polar surface area (TPSA) is 344 Å². The molecule has 0 aliphatic rings. The average Bonchev–Trinajstić information content (AvgIpc) is 2.92. The summed E-state index contributed by atoms with van der Waals surface area (Å²) in [5, 5.41) is 0. The third-order valence-corrected chi connectivity index (χ3v) is 6.30. The number of carbonyl (C=O) groups is 3. The number of hydrogen-bond acceptors (Lipinski definition) is 16. The molecule has 27 heteroatoms. The van der Waals surface area contributed by atoms with E-state index in [1.807, 2.05) is 83.1 Å². The minimum atomic E-state index is -4.61. The first-order valence-electron chi connectivity index (χ1n) is 16.2. The molecule has 23 nitrogen and oxygen atoms in total. The van der Waals surface area contributed by atoms with Gasteiger partial charge in [-0.2, -0.15) is 0 Å². The number of phosphoric acid groups is 3. The Balaban J connectivity index is -0.000000327. The van der Waals surface area contributed by atoms with Crippen LogP contribution in [0.4, 0.5) is 9.59 Å². The third-order valence-electron chi connectivity index (χ3n) is 4.15. The van der Waals surface area contributed by atoms with Crippen LogP contribution < -0.4 is 0 Å². The maximum absolute atomic E-state index is 11.1. The Kier molecular flexibility index (Phi) is 29.0. The molecule has 0 saturated heterocycles. The van der Waals surface area contributed by atoms with Crippen LogP contribution in [0.3, 0.4) is 0 Å². The molecule has 7 N–H and O–H groups in total. The fourth-order valence-corrected chi connectivity index (χ4v) is 3.64. The van der Waals surface area contributed by atoms with Crippen molar-refractivity contribution >= 4 is 49.3 Å². The summed E-state index contributed by atoms with van der Waals surface area (Å²) in [4.78, 5) is 91.4. The first-order chi connectivity index (χ1) is 24.4. The van der Waals surface area contributed by atoms with Gasteiger partial charge in [0.05, 0.1) is 26.4 Å². The van der Waals surface area contributed by atoms with Gasteiger partial charge < -0.3 is 62.5 Å². The molecule has 338 valence electrons. The van der Waals surface area contributed by atoms with Gasteiger partial charge in [-0.25, -0.2) is 32.6 Å². The van der Waals surface area contributed by atoms with E-state index < -0.39 is 68.8 Å². The van der Waals surface area contributed by atoms with Crippen LogP contribution in [0, 0.1) is 21.7 Å². The van der Waals surface area contributed by atoms with Gasteiger partial charge in [-0.15, -0.1) is 0 Å². The number of esters is 1. The highest BCUT2D eigenvalue weighted by Crippen LogP contribution is 2.39. The molecule has 0 fully saturated rings. The minimum absolute atomic E-state index is 0.0472. The molecule has 0 amide bonds. The third kappa shape index (κ3) is 64.4. The highest BCUT2D eigenvalue weighted by atomic mass is 31.2. The number of carbonyl (C=O) groups excluding carboxylic acids is 3. The van der Waals surface area contributed by atoms with Crippen molar-refractivity contribution in [1.29, 1.82) is 0 Å². The first-order valence-corrected chi connectivity index (χ1v) is 22.9. The van der Waals surface area contributed by atoms with Crippen LogP contribution in [0.1, 0.15) is 90.0 Å². The lowest BCUT2D eigenvalue weighted by Crippen LogP contribution is -2.22. The molecular formula is C29H64O23P4. The Hall–Kier alpha value is -1.51. The zero-order chi connectivity index (χ0) is 45.6. The summed E-state index contributed by atoms with van der Waals surface area (Å²) in [5.74, 6) is -0.789. The number of rotatable bonds is 15. The average molecular weight is 905 g/mol. The molecule has 0 aromatic carbocycles. The molecule has 0 spiro atoms. The molecular weight excluding hydrogens is 840 g/mol. The molecule has 0 aliphatic heterocycles. The van der Waals surface area contributed by atoms with Gasteiger partial charge in [0.15, 0.2) is 6.61 Å². The molecule has 2 atom stereocenters. The van der Waals surface area contributed by atoms with Gasteiger partial charge in [0.25, 0.3) is 0 Å². The summed E-state index contributed by atoms with van der Waals surface area (Å²) in [7, 11) is -17.0. The molecule has 0 aromatic rings.